The summed E-state index contributed by atoms with van der Waals surface area (Å²) in [6.07, 6.45) is 1.11. The molecule has 1 N–H and O–H groups in total. The molecule has 0 unspecified atom stereocenters. The molecular weight excluding hydrogens is 230 g/mol. The zero-order valence-corrected chi connectivity index (χ0v) is 10.3. The molecule has 5 nitrogen and oxygen atoms in total. The van der Waals surface area contributed by atoms with Gasteiger partial charge in [0.25, 0.3) is 0 Å². The molecule has 0 saturated carbocycles. The minimum absolute atomic E-state index is 0.200. The average molecular weight is 245 g/mol. The predicted molar refractivity (Wildman–Crippen MR) is 61.2 cm³/mol. The van der Waals surface area contributed by atoms with Gasteiger partial charge in [0.15, 0.2) is 0 Å². The summed E-state index contributed by atoms with van der Waals surface area (Å²) in [6.45, 7) is 0.200. The maximum Gasteiger partial charge on any atom is 0.209 e. The maximum atomic E-state index is 11.0. The number of ether oxygens (including phenoxy) is 2. The van der Waals surface area contributed by atoms with E-state index in [1.807, 2.05) is 0 Å². The molecule has 16 heavy (non-hydrogen) atoms. The highest BCUT2D eigenvalue weighted by Crippen LogP contribution is 2.24. The first-order valence-electron chi connectivity index (χ1n) is 4.62. The smallest absolute Gasteiger partial charge is 0.209 e. The lowest BCUT2D eigenvalue weighted by Gasteiger charge is -2.10. The van der Waals surface area contributed by atoms with E-state index in [-0.39, 0.29) is 6.54 Å². The van der Waals surface area contributed by atoms with Gasteiger partial charge in [-0.15, -0.1) is 0 Å². The van der Waals surface area contributed by atoms with Crippen molar-refractivity contribution in [1.29, 1.82) is 0 Å². The SMILES string of the molecule is COc1ccc(CNS(C)(=O)=O)c(OC)c1. The van der Waals surface area contributed by atoms with Crippen LogP contribution in [0.3, 0.4) is 0 Å². The lowest BCUT2D eigenvalue weighted by atomic mass is 10.2. The number of sulfonamides is 1. The van der Waals surface area contributed by atoms with Crippen molar-refractivity contribution in [2.24, 2.45) is 0 Å². The van der Waals surface area contributed by atoms with Gasteiger partial charge in [-0.1, -0.05) is 6.07 Å². The van der Waals surface area contributed by atoms with Gasteiger partial charge in [0.1, 0.15) is 11.5 Å². The Hall–Kier alpha value is -1.27. The highest BCUT2D eigenvalue weighted by Gasteiger charge is 2.07. The maximum absolute atomic E-state index is 11.0. The minimum atomic E-state index is -3.20. The molecule has 1 aromatic rings. The van der Waals surface area contributed by atoms with Crippen LogP contribution < -0.4 is 14.2 Å². The third-order valence-corrected chi connectivity index (χ3v) is 2.69. The Bertz CT molecular complexity index is 456. The number of hydrogen-bond acceptors (Lipinski definition) is 4. The van der Waals surface area contributed by atoms with Crippen LogP contribution in [0.4, 0.5) is 0 Å². The van der Waals surface area contributed by atoms with Gasteiger partial charge in [-0.2, -0.15) is 0 Å². The van der Waals surface area contributed by atoms with E-state index in [1.54, 1.807) is 25.3 Å². The van der Waals surface area contributed by atoms with Crippen molar-refractivity contribution in [2.75, 3.05) is 20.5 Å². The second-order valence-corrected chi connectivity index (χ2v) is 5.10. The predicted octanol–water partition coefficient (Wildman–Crippen LogP) is 0.753. The van der Waals surface area contributed by atoms with Gasteiger partial charge >= 0.3 is 0 Å². The molecule has 0 amide bonds. The molecule has 0 fully saturated rings. The van der Waals surface area contributed by atoms with Crippen molar-refractivity contribution in [3.63, 3.8) is 0 Å². The van der Waals surface area contributed by atoms with Gasteiger partial charge in [0.2, 0.25) is 10.0 Å². The fourth-order valence-corrected chi connectivity index (χ4v) is 1.62. The largest absolute Gasteiger partial charge is 0.497 e. The van der Waals surface area contributed by atoms with Crippen molar-refractivity contribution in [2.45, 2.75) is 6.54 Å². The molecule has 0 aliphatic rings. The fourth-order valence-electron chi connectivity index (χ4n) is 1.21. The molecule has 0 bridgehead atoms. The van der Waals surface area contributed by atoms with E-state index < -0.39 is 10.0 Å². The van der Waals surface area contributed by atoms with E-state index in [2.05, 4.69) is 4.72 Å². The molecule has 0 saturated heterocycles. The summed E-state index contributed by atoms with van der Waals surface area (Å²) in [7, 11) is -0.115. The van der Waals surface area contributed by atoms with Gasteiger partial charge in [-0.3, -0.25) is 0 Å². The molecule has 0 radical (unpaired) electrons. The zero-order chi connectivity index (χ0) is 12.2. The number of benzene rings is 1. The molecule has 6 heteroatoms. The summed E-state index contributed by atoms with van der Waals surface area (Å²) in [5, 5.41) is 0. The van der Waals surface area contributed by atoms with E-state index in [9.17, 15) is 8.42 Å². The second kappa shape index (κ2) is 5.18. The van der Waals surface area contributed by atoms with Crippen molar-refractivity contribution in [1.82, 2.24) is 4.72 Å². The van der Waals surface area contributed by atoms with E-state index >= 15 is 0 Å². The fraction of sp³-hybridized carbons (Fsp3) is 0.400. The van der Waals surface area contributed by atoms with Crippen molar-refractivity contribution < 1.29 is 17.9 Å². The van der Waals surface area contributed by atoms with Gasteiger partial charge in [-0.05, 0) is 6.07 Å². The third kappa shape index (κ3) is 3.71. The minimum Gasteiger partial charge on any atom is -0.497 e. The topological polar surface area (TPSA) is 64.6 Å². The number of methoxy groups -OCH3 is 2. The summed E-state index contributed by atoms with van der Waals surface area (Å²) in [5.41, 5.74) is 0.758. The van der Waals surface area contributed by atoms with Crippen LogP contribution in [0, 0.1) is 0 Å². The van der Waals surface area contributed by atoms with Gasteiger partial charge in [0.05, 0.1) is 20.5 Å². The lowest BCUT2D eigenvalue weighted by Crippen LogP contribution is -2.21. The van der Waals surface area contributed by atoms with E-state index in [4.69, 9.17) is 9.47 Å². The van der Waals surface area contributed by atoms with Crippen LogP contribution in [0.15, 0.2) is 18.2 Å². The molecular formula is C10H15NO4S. The molecule has 1 rings (SSSR count). The van der Waals surface area contributed by atoms with Gasteiger partial charge in [-0.25, -0.2) is 13.1 Å². The summed E-state index contributed by atoms with van der Waals surface area (Å²) >= 11 is 0. The van der Waals surface area contributed by atoms with Crippen molar-refractivity contribution in [3.05, 3.63) is 23.8 Å². The highest BCUT2D eigenvalue weighted by atomic mass is 32.2. The van der Waals surface area contributed by atoms with Crippen LogP contribution in [0.2, 0.25) is 0 Å². The van der Waals surface area contributed by atoms with Crippen LogP contribution >= 0.6 is 0 Å². The molecule has 1 aromatic carbocycles. The average Bonchev–Trinajstić information content (AvgIpc) is 2.25. The number of hydrogen-bond donors (Lipinski definition) is 1. The second-order valence-electron chi connectivity index (χ2n) is 3.27. The first-order valence-corrected chi connectivity index (χ1v) is 6.51. The Morgan fingerprint density at radius 2 is 1.94 bits per heavy atom. The van der Waals surface area contributed by atoms with Crippen LogP contribution in [0.25, 0.3) is 0 Å². The van der Waals surface area contributed by atoms with Crippen molar-refractivity contribution >= 4 is 10.0 Å². The van der Waals surface area contributed by atoms with Crippen LogP contribution in [-0.2, 0) is 16.6 Å². The summed E-state index contributed by atoms with van der Waals surface area (Å²) in [5.74, 6) is 1.26. The first-order chi connectivity index (χ1) is 7.46. The molecule has 0 aliphatic carbocycles. The van der Waals surface area contributed by atoms with Gasteiger partial charge < -0.3 is 9.47 Å². The normalized spacial score (nSPS) is 11.2. The summed E-state index contributed by atoms with van der Waals surface area (Å²) < 4.78 is 34.5. The molecule has 0 atom stereocenters. The molecule has 0 spiro atoms. The van der Waals surface area contributed by atoms with E-state index in [0.29, 0.717) is 11.5 Å². The van der Waals surface area contributed by atoms with Gasteiger partial charge in [0, 0.05) is 18.2 Å². The first kappa shape index (κ1) is 12.8. The number of nitrogens with one attached hydrogen (secondary N) is 1. The molecule has 90 valence electrons. The number of rotatable bonds is 5. The zero-order valence-electron chi connectivity index (χ0n) is 9.48. The molecule has 0 heterocycles. The Balaban J connectivity index is 2.87. The van der Waals surface area contributed by atoms with Crippen LogP contribution in [0.5, 0.6) is 11.5 Å². The van der Waals surface area contributed by atoms with E-state index in [0.717, 1.165) is 11.8 Å². The Morgan fingerprint density at radius 3 is 2.44 bits per heavy atom. The third-order valence-electron chi connectivity index (χ3n) is 2.02. The Labute approximate surface area is 95.4 Å². The summed E-state index contributed by atoms with van der Waals surface area (Å²) in [4.78, 5) is 0. The lowest BCUT2D eigenvalue weighted by molar-refractivity contribution is 0.390. The quantitative estimate of drug-likeness (QED) is 0.831. The van der Waals surface area contributed by atoms with Crippen LogP contribution in [-0.4, -0.2) is 28.9 Å². The standard InChI is InChI=1S/C10H15NO4S/c1-14-9-5-4-8(10(6-9)15-2)7-11-16(3,12)13/h4-6,11H,7H2,1-3H3. The van der Waals surface area contributed by atoms with E-state index in [1.165, 1.54) is 7.11 Å². The summed E-state index contributed by atoms with van der Waals surface area (Å²) in [6, 6.07) is 5.22. The van der Waals surface area contributed by atoms with Crippen molar-refractivity contribution in [3.8, 4) is 11.5 Å². The van der Waals surface area contributed by atoms with Crippen LogP contribution in [0.1, 0.15) is 5.56 Å². The molecule has 0 aromatic heterocycles. The Kier molecular flexibility index (Phi) is 4.14. The monoisotopic (exact) mass is 245 g/mol. The highest BCUT2D eigenvalue weighted by molar-refractivity contribution is 7.88. The molecule has 0 aliphatic heterocycles. The Morgan fingerprint density at radius 1 is 1.25 bits per heavy atom.